The number of rotatable bonds is 7. The van der Waals surface area contributed by atoms with Crippen LogP contribution in [0.1, 0.15) is 43.7 Å². The Balaban J connectivity index is 0.00000341. The van der Waals surface area contributed by atoms with Gasteiger partial charge in [-0.25, -0.2) is 0 Å². The Kier molecular flexibility index (Phi) is 10.7. The lowest BCUT2D eigenvalue weighted by Crippen LogP contribution is -2.46. The second-order valence-electron chi connectivity index (χ2n) is 7.71. The van der Waals surface area contributed by atoms with Crippen molar-refractivity contribution in [3.05, 3.63) is 70.1 Å². The van der Waals surface area contributed by atoms with E-state index in [0.29, 0.717) is 24.4 Å². The molecular formula is C23H33IN4O2S. The van der Waals surface area contributed by atoms with E-state index < -0.39 is 10.8 Å². The van der Waals surface area contributed by atoms with E-state index in [1.54, 1.807) is 29.9 Å². The summed E-state index contributed by atoms with van der Waals surface area (Å²) in [6.45, 7) is 3.23. The Morgan fingerprint density at radius 2 is 1.90 bits per heavy atom. The van der Waals surface area contributed by atoms with Gasteiger partial charge < -0.3 is 15.2 Å². The Morgan fingerprint density at radius 1 is 1.16 bits per heavy atom. The number of nitrogens with zero attached hydrogens (tertiary/aromatic N) is 2. The molecule has 1 saturated carbocycles. The number of nitrogens with one attached hydrogen (secondary N) is 2. The van der Waals surface area contributed by atoms with Crippen molar-refractivity contribution in [2.24, 2.45) is 4.99 Å². The quantitative estimate of drug-likeness (QED) is 0.312. The normalized spacial score (nSPS) is 19.9. The standard InChI is InChI=1S/C23H32N4O2S.HI/c1-3-30(29)21-8-6-7-20(15-21)26-23(24-2)25-16-18-10-12-19(13-11-18)17-27-14-5-4-9-22(27)28;/h4-5,9-14,20-21H,3,6-8,15-17H2,1-2H3,(H2,24,25,26);1H. The zero-order valence-electron chi connectivity index (χ0n) is 18.3. The van der Waals surface area contributed by atoms with Gasteiger partial charge in [0.25, 0.3) is 5.56 Å². The van der Waals surface area contributed by atoms with Gasteiger partial charge in [0.05, 0.1) is 6.54 Å². The lowest BCUT2D eigenvalue weighted by Gasteiger charge is -2.30. The summed E-state index contributed by atoms with van der Waals surface area (Å²) in [5, 5.41) is 7.17. The Morgan fingerprint density at radius 3 is 2.58 bits per heavy atom. The van der Waals surface area contributed by atoms with Gasteiger partial charge in [-0.3, -0.25) is 14.0 Å². The first-order valence-electron chi connectivity index (χ1n) is 10.7. The van der Waals surface area contributed by atoms with Gasteiger partial charge in [-0.15, -0.1) is 24.0 Å². The highest BCUT2D eigenvalue weighted by molar-refractivity contribution is 14.0. The van der Waals surface area contributed by atoms with Gasteiger partial charge in [-0.1, -0.05) is 43.7 Å². The van der Waals surface area contributed by atoms with E-state index in [9.17, 15) is 9.00 Å². The van der Waals surface area contributed by atoms with E-state index in [0.717, 1.165) is 48.5 Å². The highest BCUT2D eigenvalue weighted by atomic mass is 127. The molecule has 0 amide bonds. The molecule has 2 N–H and O–H groups in total. The average molecular weight is 557 g/mol. The van der Waals surface area contributed by atoms with Crippen LogP contribution in [-0.4, -0.2) is 38.8 Å². The Labute approximate surface area is 204 Å². The first kappa shape index (κ1) is 25.6. The third-order valence-corrected chi connectivity index (χ3v) is 7.32. The zero-order valence-corrected chi connectivity index (χ0v) is 21.4. The van der Waals surface area contributed by atoms with Gasteiger partial charge in [0.15, 0.2) is 5.96 Å². The number of hydrogen-bond donors (Lipinski definition) is 2. The maximum atomic E-state index is 12.2. The van der Waals surface area contributed by atoms with Crippen LogP contribution in [0.15, 0.2) is 58.4 Å². The minimum absolute atomic E-state index is 0. The third kappa shape index (κ3) is 7.75. The minimum Gasteiger partial charge on any atom is -0.354 e. The first-order valence-corrected chi connectivity index (χ1v) is 12.0. The summed E-state index contributed by atoms with van der Waals surface area (Å²) in [4.78, 5) is 16.2. The number of hydrogen-bond acceptors (Lipinski definition) is 3. The molecule has 0 radical (unpaired) electrons. The Bertz CT molecular complexity index is 930. The highest BCUT2D eigenvalue weighted by Gasteiger charge is 2.25. The van der Waals surface area contributed by atoms with Crippen LogP contribution in [0.25, 0.3) is 0 Å². The van der Waals surface area contributed by atoms with Gasteiger partial charge in [0.2, 0.25) is 0 Å². The van der Waals surface area contributed by atoms with Crippen LogP contribution in [0.4, 0.5) is 0 Å². The number of benzene rings is 1. The molecule has 1 heterocycles. The topological polar surface area (TPSA) is 75.5 Å². The molecule has 8 heteroatoms. The van der Waals surface area contributed by atoms with Gasteiger partial charge in [-0.05, 0) is 36.5 Å². The number of pyridine rings is 1. The van der Waals surface area contributed by atoms with Crippen LogP contribution in [-0.2, 0) is 23.9 Å². The van der Waals surface area contributed by atoms with Crippen LogP contribution in [0, 0.1) is 0 Å². The van der Waals surface area contributed by atoms with Crippen molar-refractivity contribution in [1.82, 2.24) is 15.2 Å². The SMILES string of the molecule is CCS(=O)C1CCCC(NC(=NC)NCc2ccc(Cn3ccccc3=O)cc2)C1.I. The van der Waals surface area contributed by atoms with E-state index in [2.05, 4.69) is 39.9 Å². The zero-order chi connectivity index (χ0) is 21.3. The van der Waals surface area contributed by atoms with Crippen molar-refractivity contribution in [2.45, 2.75) is 57.0 Å². The van der Waals surface area contributed by atoms with Crippen molar-refractivity contribution >= 4 is 40.7 Å². The molecule has 1 aromatic heterocycles. The van der Waals surface area contributed by atoms with Gasteiger partial charge in [0, 0.05) is 53.7 Å². The smallest absolute Gasteiger partial charge is 0.250 e. The summed E-state index contributed by atoms with van der Waals surface area (Å²) in [7, 11) is 1.05. The maximum absolute atomic E-state index is 12.2. The number of aromatic nitrogens is 1. The lowest BCUT2D eigenvalue weighted by molar-refractivity contribution is 0.413. The van der Waals surface area contributed by atoms with E-state index in [1.807, 2.05) is 13.0 Å². The fourth-order valence-electron chi connectivity index (χ4n) is 3.87. The largest absolute Gasteiger partial charge is 0.354 e. The summed E-state index contributed by atoms with van der Waals surface area (Å²) in [5.41, 5.74) is 2.24. The average Bonchev–Trinajstić information content (AvgIpc) is 2.78. The molecule has 3 rings (SSSR count). The van der Waals surface area contributed by atoms with Crippen LogP contribution in [0.5, 0.6) is 0 Å². The van der Waals surface area contributed by atoms with E-state index >= 15 is 0 Å². The fraction of sp³-hybridized carbons (Fsp3) is 0.478. The number of guanidine groups is 1. The van der Waals surface area contributed by atoms with Crippen LogP contribution < -0.4 is 16.2 Å². The first-order chi connectivity index (χ1) is 14.6. The molecule has 6 nitrogen and oxygen atoms in total. The van der Waals surface area contributed by atoms with Crippen molar-refractivity contribution in [2.75, 3.05) is 12.8 Å². The molecule has 1 aliphatic carbocycles. The molecule has 1 fully saturated rings. The number of halogens is 1. The van der Waals surface area contributed by atoms with Crippen LogP contribution in [0.2, 0.25) is 0 Å². The van der Waals surface area contributed by atoms with Gasteiger partial charge in [0.1, 0.15) is 0 Å². The monoisotopic (exact) mass is 556 g/mol. The molecule has 3 atom stereocenters. The molecule has 1 aliphatic rings. The van der Waals surface area contributed by atoms with Gasteiger partial charge >= 0.3 is 0 Å². The lowest BCUT2D eigenvalue weighted by atomic mass is 9.95. The summed E-state index contributed by atoms with van der Waals surface area (Å²) < 4.78 is 13.9. The molecule has 0 bridgehead atoms. The maximum Gasteiger partial charge on any atom is 0.250 e. The minimum atomic E-state index is -0.725. The molecule has 2 aromatic rings. The van der Waals surface area contributed by atoms with E-state index in [1.165, 1.54) is 0 Å². The molecule has 170 valence electrons. The molecule has 0 aliphatic heterocycles. The highest BCUT2D eigenvalue weighted by Crippen LogP contribution is 2.23. The third-order valence-electron chi connectivity index (χ3n) is 5.58. The van der Waals surface area contributed by atoms with Crippen LogP contribution in [0.3, 0.4) is 0 Å². The molecule has 0 spiro atoms. The summed E-state index contributed by atoms with van der Waals surface area (Å²) in [6.07, 6.45) is 6.00. The second-order valence-corrected chi connectivity index (χ2v) is 9.71. The molecular weight excluding hydrogens is 523 g/mol. The predicted octanol–water partition coefficient (Wildman–Crippen LogP) is 3.26. The predicted molar refractivity (Wildman–Crippen MR) is 140 cm³/mol. The van der Waals surface area contributed by atoms with Crippen molar-refractivity contribution < 1.29 is 4.21 Å². The Hall–Kier alpha value is -1.68. The van der Waals surface area contributed by atoms with Crippen molar-refractivity contribution in [3.63, 3.8) is 0 Å². The summed E-state index contributed by atoms with van der Waals surface area (Å²) in [6, 6.07) is 13.8. The van der Waals surface area contributed by atoms with Crippen molar-refractivity contribution in [1.29, 1.82) is 0 Å². The summed E-state index contributed by atoms with van der Waals surface area (Å²) in [5.74, 6) is 1.52. The van der Waals surface area contributed by atoms with E-state index in [-0.39, 0.29) is 29.5 Å². The summed E-state index contributed by atoms with van der Waals surface area (Å²) >= 11 is 0. The fourth-order valence-corrected chi connectivity index (χ4v) is 5.22. The molecule has 3 unspecified atom stereocenters. The van der Waals surface area contributed by atoms with Crippen molar-refractivity contribution in [3.8, 4) is 0 Å². The molecule has 31 heavy (non-hydrogen) atoms. The molecule has 1 aromatic carbocycles. The number of aliphatic imine (C=N–C) groups is 1. The van der Waals surface area contributed by atoms with Gasteiger partial charge in [-0.2, -0.15) is 0 Å². The van der Waals surface area contributed by atoms with E-state index in [4.69, 9.17) is 0 Å². The second kappa shape index (κ2) is 13.0. The van der Waals surface area contributed by atoms with Crippen LogP contribution >= 0.6 is 24.0 Å². The molecule has 0 saturated heterocycles.